The first-order valence-corrected chi connectivity index (χ1v) is 3.23. The average Bonchev–Trinajstić information content (AvgIpc) is 1.54. The van der Waals surface area contributed by atoms with Crippen molar-refractivity contribution in [1.82, 2.24) is 0 Å². The molecule has 0 aromatic carbocycles. The zero-order valence-electron chi connectivity index (χ0n) is 8.36. The molecule has 0 aromatic rings. The quantitative estimate of drug-likeness (QED) is 0.438. The van der Waals surface area contributed by atoms with E-state index >= 15 is 0 Å². The number of carbonyl (C=O) groups excluding carboxylic acids is 2. The molecule has 0 aliphatic rings. The van der Waals surface area contributed by atoms with Gasteiger partial charge in [0.2, 0.25) is 0 Å². The van der Waals surface area contributed by atoms with Crippen molar-refractivity contribution in [3.63, 3.8) is 0 Å². The van der Waals surface area contributed by atoms with Crippen molar-refractivity contribution >= 4 is 35.0 Å². The van der Waals surface area contributed by atoms with E-state index in [0.29, 0.717) is 0 Å². The fourth-order valence-electron chi connectivity index (χ4n) is 0. The van der Waals surface area contributed by atoms with Crippen molar-refractivity contribution in [2.24, 2.45) is 0 Å². The molecule has 0 spiro atoms. The molecule has 0 bridgehead atoms. The number of hydrogen-bond donors (Lipinski definition) is 1. The van der Waals surface area contributed by atoms with E-state index in [1.807, 2.05) is 0 Å². The second-order valence-electron chi connectivity index (χ2n) is 2.08. The fourth-order valence-corrected chi connectivity index (χ4v) is 0. The molecule has 1 N–H and O–H groups in total. The molecule has 0 radical (unpaired) electrons. The zero-order chi connectivity index (χ0) is 10.7. The summed E-state index contributed by atoms with van der Waals surface area (Å²) in [6.07, 6.45) is -0.167. The molecule has 0 aliphatic heterocycles. The average molecular weight is 202 g/mol. The normalized spacial score (nSPS) is 6.62. The predicted molar refractivity (Wildman–Crippen MR) is 44.5 cm³/mol. The Hall–Kier alpha value is -0.334. The summed E-state index contributed by atoms with van der Waals surface area (Å²) >= 11 is 0. The summed E-state index contributed by atoms with van der Waals surface area (Å²) in [5.41, 5.74) is 0. The van der Waals surface area contributed by atoms with Crippen LogP contribution in [0.4, 0.5) is 0 Å². The van der Waals surface area contributed by atoms with Crippen LogP contribution >= 0.6 is 0 Å². The van der Waals surface area contributed by atoms with Crippen LogP contribution in [0.5, 0.6) is 0 Å². The largest absolute Gasteiger partial charge is 2.00 e. The van der Waals surface area contributed by atoms with E-state index in [1.165, 1.54) is 0 Å². The van der Waals surface area contributed by atoms with Gasteiger partial charge in [-0.15, -0.1) is 0 Å². The Morgan fingerprint density at radius 1 is 1.08 bits per heavy atom. The topological polar surface area (TPSA) is 100 Å². The molecule has 74 valence electrons. The maximum atomic E-state index is 8.89. The minimum Gasteiger partial charge on any atom is -0.550 e. The summed E-state index contributed by atoms with van der Waals surface area (Å²) in [4.78, 5) is 17.8. The number of aliphatic carboxylic acids is 2. The summed E-state index contributed by atoms with van der Waals surface area (Å²) in [6, 6.07) is 0. The van der Waals surface area contributed by atoms with Crippen LogP contribution in [0, 0.1) is 0 Å². The molecular formula is C7H14MgO5. The van der Waals surface area contributed by atoms with E-state index in [4.69, 9.17) is 24.9 Å². The van der Waals surface area contributed by atoms with Gasteiger partial charge in [0, 0.05) is 18.0 Å². The van der Waals surface area contributed by atoms with Gasteiger partial charge in [-0.2, -0.15) is 0 Å². The van der Waals surface area contributed by atoms with E-state index in [0.717, 1.165) is 13.8 Å². The van der Waals surface area contributed by atoms with Gasteiger partial charge in [0.25, 0.3) is 0 Å². The van der Waals surface area contributed by atoms with Crippen molar-refractivity contribution in [3.05, 3.63) is 0 Å². The first-order valence-electron chi connectivity index (χ1n) is 3.23. The molecule has 6 heteroatoms. The maximum absolute atomic E-state index is 8.89. The van der Waals surface area contributed by atoms with Gasteiger partial charge in [-0.25, -0.2) is 0 Å². The standard InChI is InChI=1S/C3H8O.2C2H4O2.Mg/c1-3(2)4;2*1-2(3)4;/h3-4H,1-2H3;2*1H3,(H,3,4);/q;;;+2/p-2. The minimum atomic E-state index is -1.08. The third-order valence-corrected chi connectivity index (χ3v) is 0. The number of carboxylic acid groups (broad SMARTS) is 2. The first kappa shape index (κ1) is 23.0. The van der Waals surface area contributed by atoms with E-state index in [2.05, 4.69) is 0 Å². The molecular weight excluding hydrogens is 188 g/mol. The summed E-state index contributed by atoms with van der Waals surface area (Å²) in [5.74, 6) is -2.17. The summed E-state index contributed by atoms with van der Waals surface area (Å²) in [6.45, 7) is 5.39. The molecule has 0 unspecified atom stereocenters. The molecule has 0 atom stereocenters. The van der Waals surface area contributed by atoms with E-state index in [9.17, 15) is 0 Å². The number of aliphatic hydroxyl groups is 1. The Morgan fingerprint density at radius 3 is 1.08 bits per heavy atom. The molecule has 0 amide bonds. The van der Waals surface area contributed by atoms with Crippen LogP contribution in [0.2, 0.25) is 0 Å². The Morgan fingerprint density at radius 2 is 1.08 bits per heavy atom. The molecule has 13 heavy (non-hydrogen) atoms. The van der Waals surface area contributed by atoms with Crippen LogP contribution in [-0.4, -0.2) is 46.2 Å². The molecule has 0 saturated carbocycles. The third kappa shape index (κ3) is 9780. The van der Waals surface area contributed by atoms with Gasteiger partial charge in [-0.05, 0) is 27.7 Å². The van der Waals surface area contributed by atoms with Crippen LogP contribution < -0.4 is 10.2 Å². The summed E-state index contributed by atoms with van der Waals surface area (Å²) in [5, 5.41) is 25.8. The third-order valence-electron chi connectivity index (χ3n) is 0. The summed E-state index contributed by atoms with van der Waals surface area (Å²) < 4.78 is 0. The smallest absolute Gasteiger partial charge is 0.550 e. The molecule has 0 rings (SSSR count). The van der Waals surface area contributed by atoms with Crippen molar-refractivity contribution < 1.29 is 24.9 Å². The van der Waals surface area contributed by atoms with Gasteiger partial charge in [0.15, 0.2) is 0 Å². The van der Waals surface area contributed by atoms with Crippen LogP contribution in [0.25, 0.3) is 0 Å². The second-order valence-corrected chi connectivity index (χ2v) is 2.08. The van der Waals surface area contributed by atoms with Gasteiger partial charge in [0.1, 0.15) is 0 Å². The molecule has 0 aromatic heterocycles. The van der Waals surface area contributed by atoms with Gasteiger partial charge in [-0.1, -0.05) is 0 Å². The first-order chi connectivity index (χ1) is 5.20. The zero-order valence-corrected chi connectivity index (χ0v) is 9.78. The molecule has 0 aliphatic carbocycles. The van der Waals surface area contributed by atoms with Crippen molar-refractivity contribution in [1.29, 1.82) is 0 Å². The molecule has 5 nitrogen and oxygen atoms in total. The van der Waals surface area contributed by atoms with Crippen molar-refractivity contribution in [2.75, 3.05) is 0 Å². The van der Waals surface area contributed by atoms with Crippen molar-refractivity contribution in [2.45, 2.75) is 33.8 Å². The maximum Gasteiger partial charge on any atom is 2.00 e. The summed E-state index contributed by atoms with van der Waals surface area (Å²) in [7, 11) is 0. The number of hydrogen-bond acceptors (Lipinski definition) is 5. The van der Waals surface area contributed by atoms with E-state index in [-0.39, 0.29) is 29.2 Å². The fraction of sp³-hybridized carbons (Fsp3) is 0.714. The Balaban J connectivity index is -0.0000000450. The Kier molecular flexibility index (Phi) is 31.2. The van der Waals surface area contributed by atoms with Gasteiger partial charge >= 0.3 is 23.1 Å². The molecule has 0 saturated heterocycles. The van der Waals surface area contributed by atoms with Crippen LogP contribution in [0.15, 0.2) is 0 Å². The number of carbonyl (C=O) groups is 2. The molecule has 0 heterocycles. The van der Waals surface area contributed by atoms with Crippen LogP contribution in [0.1, 0.15) is 27.7 Å². The van der Waals surface area contributed by atoms with E-state index in [1.54, 1.807) is 13.8 Å². The van der Waals surface area contributed by atoms with Gasteiger partial charge < -0.3 is 24.9 Å². The Labute approximate surface area is 93.9 Å². The number of aliphatic hydroxyl groups excluding tert-OH is 1. The SMILES string of the molecule is CC(=O)[O-].CC(=O)[O-].CC(C)O.[Mg+2]. The van der Waals surface area contributed by atoms with Crippen LogP contribution in [-0.2, 0) is 9.59 Å². The van der Waals surface area contributed by atoms with Gasteiger partial charge in [0.05, 0.1) is 0 Å². The van der Waals surface area contributed by atoms with Crippen molar-refractivity contribution in [3.8, 4) is 0 Å². The van der Waals surface area contributed by atoms with E-state index < -0.39 is 11.9 Å². The minimum absolute atomic E-state index is 0. The molecule has 0 fully saturated rings. The number of carboxylic acids is 2. The Bertz CT molecular complexity index is 101. The number of rotatable bonds is 0. The van der Waals surface area contributed by atoms with Crippen LogP contribution in [0.3, 0.4) is 0 Å². The van der Waals surface area contributed by atoms with Gasteiger partial charge in [-0.3, -0.25) is 0 Å². The second kappa shape index (κ2) is 17.7. The monoisotopic (exact) mass is 202 g/mol. The predicted octanol–water partition coefficient (Wildman–Crippen LogP) is -2.48.